The first-order valence-electron chi connectivity index (χ1n) is 8.32. The molecule has 2 atom stereocenters. The van der Waals surface area contributed by atoms with Gasteiger partial charge < -0.3 is 4.90 Å². The lowest BCUT2D eigenvalue weighted by Gasteiger charge is -2.27. The van der Waals surface area contributed by atoms with Crippen LogP contribution in [0.2, 0.25) is 0 Å². The molecule has 2 aliphatic heterocycles. The van der Waals surface area contributed by atoms with E-state index in [-0.39, 0.29) is 11.6 Å². The molecule has 0 unspecified atom stereocenters. The SMILES string of the molecule is O=C1CCCN1c1ccc(F)c(NS(=O)(=O)N2C[C@H]3CC[C@H]3C2)c1. The summed E-state index contributed by atoms with van der Waals surface area (Å²) in [4.78, 5) is 13.4. The van der Waals surface area contributed by atoms with E-state index in [2.05, 4.69) is 4.72 Å². The number of nitrogens with one attached hydrogen (secondary N) is 1. The van der Waals surface area contributed by atoms with Crippen molar-refractivity contribution in [3.8, 4) is 0 Å². The van der Waals surface area contributed by atoms with E-state index in [0.29, 0.717) is 43.6 Å². The van der Waals surface area contributed by atoms with Crippen LogP contribution < -0.4 is 9.62 Å². The molecular formula is C16H20FN3O3S. The second-order valence-corrected chi connectivity index (χ2v) is 8.51. The number of rotatable bonds is 4. The molecule has 1 amide bonds. The molecule has 130 valence electrons. The van der Waals surface area contributed by atoms with Crippen LogP contribution in [0.3, 0.4) is 0 Å². The highest BCUT2D eigenvalue weighted by Gasteiger charge is 2.43. The van der Waals surface area contributed by atoms with Gasteiger partial charge in [-0.3, -0.25) is 9.52 Å². The van der Waals surface area contributed by atoms with Crippen LogP contribution in [-0.2, 0) is 15.0 Å². The van der Waals surface area contributed by atoms with Gasteiger partial charge in [-0.25, -0.2) is 4.39 Å². The van der Waals surface area contributed by atoms with Crippen molar-refractivity contribution in [1.82, 2.24) is 4.31 Å². The van der Waals surface area contributed by atoms with Crippen LogP contribution in [0.25, 0.3) is 0 Å². The maximum Gasteiger partial charge on any atom is 0.301 e. The lowest BCUT2D eigenvalue weighted by Crippen LogP contribution is -2.34. The molecule has 6 nitrogen and oxygen atoms in total. The van der Waals surface area contributed by atoms with Gasteiger partial charge in [0.2, 0.25) is 5.91 Å². The predicted octanol–water partition coefficient (Wildman–Crippen LogP) is 1.95. The Kier molecular flexibility index (Phi) is 3.76. The summed E-state index contributed by atoms with van der Waals surface area (Å²) in [5.74, 6) is 0.225. The number of carbonyl (C=O) groups is 1. The Hall–Kier alpha value is -1.67. The fourth-order valence-electron chi connectivity index (χ4n) is 3.80. The minimum Gasteiger partial charge on any atom is -0.312 e. The highest BCUT2D eigenvalue weighted by atomic mass is 32.2. The molecule has 0 radical (unpaired) electrons. The largest absolute Gasteiger partial charge is 0.312 e. The van der Waals surface area contributed by atoms with E-state index in [1.165, 1.54) is 22.5 Å². The summed E-state index contributed by atoms with van der Waals surface area (Å²) < 4.78 is 42.9. The number of amides is 1. The molecule has 3 aliphatic rings. The van der Waals surface area contributed by atoms with Gasteiger partial charge in [0.15, 0.2) is 0 Å². The Morgan fingerprint density at radius 2 is 1.88 bits per heavy atom. The summed E-state index contributed by atoms with van der Waals surface area (Å²) in [5.41, 5.74) is 0.421. The third kappa shape index (κ3) is 2.67. The van der Waals surface area contributed by atoms with E-state index in [0.717, 1.165) is 19.3 Å². The van der Waals surface area contributed by atoms with Crippen LogP contribution in [0.5, 0.6) is 0 Å². The van der Waals surface area contributed by atoms with Crippen molar-refractivity contribution in [3.05, 3.63) is 24.0 Å². The first-order chi connectivity index (χ1) is 11.4. The molecule has 1 saturated carbocycles. The van der Waals surface area contributed by atoms with Crippen LogP contribution in [0, 0.1) is 17.7 Å². The second-order valence-electron chi connectivity index (χ2n) is 6.83. The van der Waals surface area contributed by atoms with Gasteiger partial charge in [-0.2, -0.15) is 12.7 Å². The normalized spacial score (nSPS) is 27.2. The van der Waals surface area contributed by atoms with Gasteiger partial charge >= 0.3 is 10.2 Å². The fraction of sp³-hybridized carbons (Fsp3) is 0.562. The summed E-state index contributed by atoms with van der Waals surface area (Å²) in [5, 5.41) is 0. The predicted molar refractivity (Wildman–Crippen MR) is 88.3 cm³/mol. The first kappa shape index (κ1) is 15.8. The number of benzene rings is 1. The van der Waals surface area contributed by atoms with Crippen molar-refractivity contribution in [2.45, 2.75) is 25.7 Å². The highest BCUT2D eigenvalue weighted by molar-refractivity contribution is 7.90. The zero-order chi connectivity index (χ0) is 16.9. The van der Waals surface area contributed by atoms with Gasteiger partial charge in [-0.1, -0.05) is 0 Å². The van der Waals surface area contributed by atoms with E-state index in [1.54, 1.807) is 4.90 Å². The van der Waals surface area contributed by atoms with E-state index < -0.39 is 16.0 Å². The molecule has 4 rings (SSSR count). The van der Waals surface area contributed by atoms with Crippen LogP contribution in [0.1, 0.15) is 25.7 Å². The monoisotopic (exact) mass is 353 g/mol. The minimum atomic E-state index is -3.78. The minimum absolute atomic E-state index is 0.0217. The molecule has 1 N–H and O–H groups in total. The van der Waals surface area contributed by atoms with Crippen molar-refractivity contribution < 1.29 is 17.6 Å². The molecule has 1 aromatic rings. The summed E-state index contributed by atoms with van der Waals surface area (Å²) >= 11 is 0. The Balaban J connectivity index is 1.56. The maximum atomic E-state index is 14.1. The van der Waals surface area contributed by atoms with E-state index in [9.17, 15) is 17.6 Å². The summed E-state index contributed by atoms with van der Waals surface area (Å²) in [6.45, 7) is 1.59. The Morgan fingerprint density at radius 3 is 2.46 bits per heavy atom. The quantitative estimate of drug-likeness (QED) is 0.899. The van der Waals surface area contributed by atoms with E-state index >= 15 is 0 Å². The first-order valence-corrected chi connectivity index (χ1v) is 9.76. The van der Waals surface area contributed by atoms with E-state index in [1.807, 2.05) is 0 Å². The zero-order valence-electron chi connectivity index (χ0n) is 13.2. The average molecular weight is 353 g/mol. The molecule has 1 aliphatic carbocycles. The average Bonchev–Trinajstić information content (AvgIpc) is 3.06. The highest BCUT2D eigenvalue weighted by Crippen LogP contribution is 2.41. The molecule has 0 bridgehead atoms. The van der Waals surface area contributed by atoms with Crippen molar-refractivity contribution in [3.63, 3.8) is 0 Å². The summed E-state index contributed by atoms with van der Waals surface area (Å²) in [7, 11) is -3.78. The third-order valence-electron chi connectivity index (χ3n) is 5.37. The maximum absolute atomic E-state index is 14.1. The lowest BCUT2D eigenvalue weighted by molar-refractivity contribution is -0.117. The molecule has 3 fully saturated rings. The zero-order valence-corrected chi connectivity index (χ0v) is 14.1. The summed E-state index contributed by atoms with van der Waals surface area (Å²) in [6, 6.07) is 4.11. The van der Waals surface area contributed by atoms with Gasteiger partial charge in [0.05, 0.1) is 5.69 Å². The van der Waals surface area contributed by atoms with Gasteiger partial charge in [0.25, 0.3) is 0 Å². The van der Waals surface area contributed by atoms with Gasteiger partial charge in [0, 0.05) is 31.7 Å². The van der Waals surface area contributed by atoms with Crippen LogP contribution in [0.4, 0.5) is 15.8 Å². The Labute approximate surface area is 140 Å². The van der Waals surface area contributed by atoms with Crippen LogP contribution in [-0.4, -0.2) is 38.3 Å². The molecule has 2 saturated heterocycles. The molecule has 0 spiro atoms. The van der Waals surface area contributed by atoms with Crippen molar-refractivity contribution >= 4 is 27.5 Å². The molecule has 24 heavy (non-hydrogen) atoms. The Bertz CT molecular complexity index is 771. The number of carbonyl (C=O) groups excluding carboxylic acids is 1. The number of hydrogen-bond donors (Lipinski definition) is 1. The number of nitrogens with zero attached hydrogens (tertiary/aromatic N) is 2. The lowest BCUT2D eigenvalue weighted by atomic mass is 9.77. The molecule has 8 heteroatoms. The number of fused-ring (bicyclic) bond motifs is 1. The second kappa shape index (κ2) is 5.70. The van der Waals surface area contributed by atoms with Crippen molar-refractivity contribution in [2.24, 2.45) is 11.8 Å². The standard InChI is InChI=1S/C16H20FN3O3S/c17-14-6-5-13(20-7-1-2-16(20)21)8-15(14)18-24(22,23)19-9-11-3-4-12(11)10-19/h5-6,8,11-12,18H,1-4,7,9-10H2/t11-,12+. The number of anilines is 2. The van der Waals surface area contributed by atoms with Crippen molar-refractivity contribution in [1.29, 1.82) is 0 Å². The molecule has 0 aromatic heterocycles. The fourth-order valence-corrected chi connectivity index (χ4v) is 5.14. The van der Waals surface area contributed by atoms with Crippen LogP contribution >= 0.6 is 0 Å². The molecular weight excluding hydrogens is 333 g/mol. The molecule has 2 heterocycles. The third-order valence-corrected chi connectivity index (χ3v) is 6.82. The van der Waals surface area contributed by atoms with Crippen molar-refractivity contribution in [2.75, 3.05) is 29.3 Å². The number of hydrogen-bond acceptors (Lipinski definition) is 3. The van der Waals surface area contributed by atoms with E-state index in [4.69, 9.17) is 0 Å². The van der Waals surface area contributed by atoms with Gasteiger partial charge in [0.1, 0.15) is 5.82 Å². The molecule has 1 aromatic carbocycles. The smallest absolute Gasteiger partial charge is 0.301 e. The van der Waals surface area contributed by atoms with Gasteiger partial charge in [-0.15, -0.1) is 0 Å². The summed E-state index contributed by atoms with van der Waals surface area (Å²) in [6.07, 6.45) is 3.36. The van der Waals surface area contributed by atoms with Crippen LogP contribution in [0.15, 0.2) is 18.2 Å². The van der Waals surface area contributed by atoms with Gasteiger partial charge in [-0.05, 0) is 49.3 Å². The number of halogens is 1. The topological polar surface area (TPSA) is 69.7 Å². The Morgan fingerprint density at radius 1 is 1.17 bits per heavy atom.